The van der Waals surface area contributed by atoms with Crippen molar-refractivity contribution in [2.75, 3.05) is 25.1 Å². The van der Waals surface area contributed by atoms with Gasteiger partial charge in [-0.05, 0) is 43.9 Å². The Morgan fingerprint density at radius 3 is 2.74 bits per heavy atom. The topological polar surface area (TPSA) is 82.2 Å². The lowest BCUT2D eigenvalue weighted by molar-refractivity contribution is -0.130. The molecule has 0 bridgehead atoms. The normalized spacial score (nSPS) is 18.6. The highest BCUT2D eigenvalue weighted by atomic mass is 35.5. The second-order valence-electron chi connectivity index (χ2n) is 7.24. The van der Waals surface area contributed by atoms with E-state index in [2.05, 4.69) is 16.0 Å². The van der Waals surface area contributed by atoms with Crippen molar-refractivity contribution in [1.29, 1.82) is 0 Å². The summed E-state index contributed by atoms with van der Waals surface area (Å²) >= 11 is 0. The molecule has 4 rings (SSSR count). The average molecular weight is 415 g/mol. The lowest BCUT2D eigenvalue weighted by atomic mass is 9.79. The number of benzene rings is 1. The monoisotopic (exact) mass is 414 g/mol. The second kappa shape index (κ2) is 9.24. The third kappa shape index (κ3) is 4.24. The first-order chi connectivity index (χ1) is 12.2. The van der Waals surface area contributed by atoms with Crippen molar-refractivity contribution in [2.24, 2.45) is 11.1 Å². The highest BCUT2D eigenvalue weighted by Crippen LogP contribution is 2.31. The first-order valence-corrected chi connectivity index (χ1v) is 9.30. The number of anilines is 1. The third-order valence-electron chi connectivity index (χ3n) is 5.69. The van der Waals surface area contributed by atoms with E-state index in [1.54, 1.807) is 0 Å². The molecule has 0 unspecified atom stereocenters. The molecule has 0 spiro atoms. The van der Waals surface area contributed by atoms with Crippen molar-refractivity contribution >= 4 is 47.4 Å². The second-order valence-corrected chi connectivity index (χ2v) is 7.24. The van der Waals surface area contributed by atoms with Crippen LogP contribution in [0.5, 0.6) is 0 Å². The number of carbonyl (C=O) groups is 1. The number of rotatable bonds is 3. The molecule has 2 aromatic rings. The maximum atomic E-state index is 12.8. The quantitative estimate of drug-likeness (QED) is 0.806. The molecule has 3 heterocycles. The summed E-state index contributed by atoms with van der Waals surface area (Å²) in [4.78, 5) is 17.6. The zero-order valence-corrected chi connectivity index (χ0v) is 17.0. The van der Waals surface area contributed by atoms with E-state index >= 15 is 0 Å². The molecule has 2 aliphatic rings. The van der Waals surface area contributed by atoms with E-state index in [4.69, 9.17) is 15.5 Å². The molecule has 0 aliphatic carbocycles. The van der Waals surface area contributed by atoms with Crippen LogP contribution in [0.15, 0.2) is 18.2 Å². The fraction of sp³-hybridized carbons (Fsp3) is 0.579. The van der Waals surface area contributed by atoms with Crippen LogP contribution in [0, 0.1) is 5.41 Å². The minimum absolute atomic E-state index is 0. The van der Waals surface area contributed by atoms with Crippen molar-refractivity contribution in [2.45, 2.75) is 45.1 Å². The Bertz CT molecular complexity index is 787. The van der Waals surface area contributed by atoms with Crippen LogP contribution in [-0.4, -0.2) is 35.2 Å². The van der Waals surface area contributed by atoms with E-state index in [1.807, 2.05) is 12.1 Å². The summed E-state index contributed by atoms with van der Waals surface area (Å²) in [6, 6.07) is 6.04. The van der Waals surface area contributed by atoms with Crippen LogP contribution >= 0.6 is 24.8 Å². The van der Waals surface area contributed by atoms with Gasteiger partial charge in [-0.15, -0.1) is 24.8 Å². The summed E-state index contributed by atoms with van der Waals surface area (Å²) < 4.78 is 7.72. The molecule has 0 radical (unpaired) electrons. The Morgan fingerprint density at radius 1 is 1.22 bits per heavy atom. The van der Waals surface area contributed by atoms with Crippen molar-refractivity contribution < 1.29 is 9.53 Å². The Morgan fingerprint density at radius 2 is 2.00 bits per heavy atom. The molecular weight excluding hydrogens is 387 g/mol. The smallest absolute Gasteiger partial charge is 0.232 e. The Kier molecular flexibility index (Phi) is 7.51. The number of carbonyl (C=O) groups excluding carboxylic acids is 1. The third-order valence-corrected chi connectivity index (χ3v) is 5.69. The van der Waals surface area contributed by atoms with Crippen LogP contribution in [0.4, 0.5) is 5.69 Å². The van der Waals surface area contributed by atoms with E-state index < -0.39 is 5.41 Å². The molecule has 8 heteroatoms. The number of hydrogen-bond acceptors (Lipinski definition) is 4. The minimum atomic E-state index is -0.515. The summed E-state index contributed by atoms with van der Waals surface area (Å²) in [5, 5.41) is 3.06. The summed E-state index contributed by atoms with van der Waals surface area (Å²) in [7, 11) is 0. The molecule has 0 atom stereocenters. The van der Waals surface area contributed by atoms with Gasteiger partial charge in [0.2, 0.25) is 5.91 Å². The van der Waals surface area contributed by atoms with Gasteiger partial charge in [0.15, 0.2) is 0 Å². The van der Waals surface area contributed by atoms with E-state index in [-0.39, 0.29) is 30.7 Å². The first kappa shape index (κ1) is 22.0. The summed E-state index contributed by atoms with van der Waals surface area (Å²) in [6.45, 7) is 2.58. The molecule has 3 N–H and O–H groups in total. The predicted octanol–water partition coefficient (Wildman–Crippen LogP) is 3.30. The largest absolute Gasteiger partial charge is 0.381 e. The fourth-order valence-corrected chi connectivity index (χ4v) is 3.98. The van der Waals surface area contributed by atoms with Gasteiger partial charge in [-0.1, -0.05) is 6.42 Å². The van der Waals surface area contributed by atoms with E-state index in [0.29, 0.717) is 32.6 Å². The number of nitrogens with one attached hydrogen (secondary N) is 1. The molecule has 1 saturated heterocycles. The zero-order chi connectivity index (χ0) is 17.3. The molecule has 27 heavy (non-hydrogen) atoms. The molecule has 6 nitrogen and oxygen atoms in total. The Labute approximate surface area is 172 Å². The standard InChI is InChI=1S/C19H26N4O2.2ClH/c20-13-19(7-10-25-11-8-19)18(24)21-14-5-6-16-15(12-14)22-17-4-2-1-3-9-23(16)17;;/h5-6,12H,1-4,7-11,13,20H2,(H,21,24);2*1H. The summed E-state index contributed by atoms with van der Waals surface area (Å²) in [5.74, 6) is 1.16. The zero-order valence-electron chi connectivity index (χ0n) is 15.4. The number of amides is 1. The number of nitrogens with zero attached hydrogens (tertiary/aromatic N) is 2. The maximum Gasteiger partial charge on any atom is 0.232 e. The molecule has 1 aromatic carbocycles. The molecule has 1 aromatic heterocycles. The molecule has 150 valence electrons. The maximum absolute atomic E-state index is 12.8. The SMILES string of the molecule is Cl.Cl.NCC1(C(=O)Nc2ccc3c(c2)nc2n3CCCCC2)CCOCC1. The lowest BCUT2D eigenvalue weighted by Gasteiger charge is -2.34. The highest BCUT2D eigenvalue weighted by Gasteiger charge is 2.38. The van der Waals surface area contributed by atoms with Crippen molar-refractivity contribution in [1.82, 2.24) is 9.55 Å². The van der Waals surface area contributed by atoms with E-state index in [0.717, 1.165) is 29.7 Å². The highest BCUT2D eigenvalue weighted by molar-refractivity contribution is 5.97. The van der Waals surface area contributed by atoms with Crippen LogP contribution in [0.3, 0.4) is 0 Å². The van der Waals surface area contributed by atoms with Gasteiger partial charge >= 0.3 is 0 Å². The van der Waals surface area contributed by atoms with Crippen LogP contribution in [0.1, 0.15) is 37.9 Å². The van der Waals surface area contributed by atoms with Crippen LogP contribution in [-0.2, 0) is 22.5 Å². The fourth-order valence-electron chi connectivity index (χ4n) is 3.98. The summed E-state index contributed by atoms with van der Waals surface area (Å²) in [6.07, 6.45) is 6.06. The molecule has 0 saturated carbocycles. The van der Waals surface area contributed by atoms with Gasteiger partial charge in [0.25, 0.3) is 0 Å². The van der Waals surface area contributed by atoms with Crippen LogP contribution < -0.4 is 11.1 Å². The van der Waals surface area contributed by atoms with Crippen molar-refractivity contribution in [3.05, 3.63) is 24.0 Å². The average Bonchev–Trinajstić information content (AvgIpc) is 2.82. The van der Waals surface area contributed by atoms with Gasteiger partial charge < -0.3 is 20.4 Å². The van der Waals surface area contributed by atoms with Crippen LogP contribution in [0.25, 0.3) is 11.0 Å². The van der Waals surface area contributed by atoms with Crippen LogP contribution in [0.2, 0.25) is 0 Å². The first-order valence-electron chi connectivity index (χ1n) is 9.30. The van der Waals surface area contributed by atoms with Gasteiger partial charge in [-0.25, -0.2) is 4.98 Å². The van der Waals surface area contributed by atoms with Crippen molar-refractivity contribution in [3.8, 4) is 0 Å². The van der Waals surface area contributed by atoms with E-state index in [1.165, 1.54) is 25.1 Å². The molecule has 1 amide bonds. The number of ether oxygens (including phenoxy) is 1. The number of imidazole rings is 1. The van der Waals surface area contributed by atoms with Gasteiger partial charge in [-0.2, -0.15) is 0 Å². The lowest BCUT2D eigenvalue weighted by Crippen LogP contribution is -2.46. The van der Waals surface area contributed by atoms with E-state index in [9.17, 15) is 4.79 Å². The Balaban J connectivity index is 0.00000131. The number of fused-ring (bicyclic) bond motifs is 3. The molecular formula is C19H28Cl2N4O2. The number of hydrogen-bond donors (Lipinski definition) is 2. The number of aromatic nitrogens is 2. The number of nitrogens with two attached hydrogens (primary N) is 1. The van der Waals surface area contributed by atoms with Gasteiger partial charge in [-0.3, -0.25) is 4.79 Å². The number of halogens is 2. The minimum Gasteiger partial charge on any atom is -0.381 e. The van der Waals surface area contributed by atoms with Gasteiger partial charge in [0.05, 0.1) is 16.4 Å². The van der Waals surface area contributed by atoms with Gasteiger partial charge in [0.1, 0.15) is 5.82 Å². The molecule has 2 aliphatic heterocycles. The predicted molar refractivity (Wildman–Crippen MR) is 112 cm³/mol. The Hall–Kier alpha value is -1.34. The molecule has 1 fully saturated rings. The van der Waals surface area contributed by atoms with Crippen molar-refractivity contribution in [3.63, 3.8) is 0 Å². The summed E-state index contributed by atoms with van der Waals surface area (Å²) in [5.41, 5.74) is 8.34. The van der Waals surface area contributed by atoms with Gasteiger partial charge in [0, 0.05) is 38.4 Å². The number of aryl methyl sites for hydroxylation is 2.